The number of hydrogen-bond donors (Lipinski definition) is 0. The monoisotopic (exact) mass is 134 g/mol. The van der Waals surface area contributed by atoms with Crippen LogP contribution in [-0.4, -0.2) is 0 Å². The second-order valence-corrected chi connectivity index (χ2v) is 1.93. The van der Waals surface area contributed by atoms with Crippen LogP contribution in [0.4, 0.5) is 4.39 Å². The van der Waals surface area contributed by atoms with Gasteiger partial charge < -0.3 is 0 Å². The highest BCUT2D eigenvalue weighted by atomic mass is 19.1. The first-order valence-electron chi connectivity index (χ1n) is 2.75. The molecule has 0 fully saturated rings. The summed E-state index contributed by atoms with van der Waals surface area (Å²) in [5, 5.41) is 8.33. The van der Waals surface area contributed by atoms with Crippen molar-refractivity contribution >= 4 is 0 Å². The average Bonchev–Trinajstić information content (AvgIpc) is 1.94. The first kappa shape index (κ1) is 6.76. The van der Waals surface area contributed by atoms with Crippen molar-refractivity contribution in [3.05, 3.63) is 42.1 Å². The van der Waals surface area contributed by atoms with Crippen LogP contribution >= 0.6 is 0 Å². The molecule has 0 aliphatic carbocycles. The first-order valence-corrected chi connectivity index (χ1v) is 2.75. The van der Waals surface area contributed by atoms with Gasteiger partial charge in [-0.05, 0) is 24.6 Å². The molecule has 1 aromatic carbocycles. The van der Waals surface area contributed by atoms with Crippen molar-refractivity contribution in [2.45, 2.75) is 0 Å². The van der Waals surface area contributed by atoms with Crippen LogP contribution in [0.2, 0.25) is 0 Å². The molecule has 2 heteroatoms. The normalized spacial score (nSPS) is 8.90. The van der Waals surface area contributed by atoms with Crippen LogP contribution < -0.4 is 0 Å². The molecular weight excluding hydrogens is 129 g/mol. The number of nitrogens with zero attached hydrogens (tertiary/aromatic N) is 1. The zero-order chi connectivity index (χ0) is 7.56. The summed E-state index contributed by atoms with van der Waals surface area (Å²) in [5.41, 5.74) is 0.699. The van der Waals surface area contributed by atoms with Crippen LogP contribution in [0.3, 0.4) is 0 Å². The van der Waals surface area contributed by atoms with E-state index in [0.29, 0.717) is 5.56 Å². The second-order valence-electron chi connectivity index (χ2n) is 1.93. The third kappa shape index (κ3) is 1.14. The molecule has 49 valence electrons. The molecule has 1 radical (unpaired) electrons. The largest absolute Gasteiger partial charge is 0.206 e. The number of rotatable bonds is 0. The van der Waals surface area contributed by atoms with E-state index in [0.717, 1.165) is 0 Å². The fourth-order valence-electron chi connectivity index (χ4n) is 0.658. The van der Waals surface area contributed by atoms with E-state index in [9.17, 15) is 4.39 Å². The van der Waals surface area contributed by atoms with Gasteiger partial charge in [0.1, 0.15) is 11.9 Å². The molecule has 0 amide bonds. The standard InChI is InChI=1S/C8H5FN/c1-6-2-3-8(9)7(4-6)5-10/h2-4H,1H2. The lowest BCUT2D eigenvalue weighted by Crippen LogP contribution is -1.83. The molecule has 0 aromatic heterocycles. The highest BCUT2D eigenvalue weighted by molar-refractivity contribution is 5.35. The SMILES string of the molecule is [CH2]c1ccc(F)c(C#N)c1. The highest BCUT2D eigenvalue weighted by Gasteiger charge is 1.98. The van der Waals surface area contributed by atoms with Gasteiger partial charge in [-0.25, -0.2) is 4.39 Å². The Bertz CT molecular complexity index is 286. The summed E-state index contributed by atoms with van der Waals surface area (Å²) in [4.78, 5) is 0. The van der Waals surface area contributed by atoms with Gasteiger partial charge in [0.15, 0.2) is 0 Å². The van der Waals surface area contributed by atoms with E-state index in [-0.39, 0.29) is 5.56 Å². The summed E-state index contributed by atoms with van der Waals surface area (Å²) in [5.74, 6) is -0.491. The minimum Gasteiger partial charge on any atom is -0.206 e. The van der Waals surface area contributed by atoms with Gasteiger partial charge in [0.25, 0.3) is 0 Å². The van der Waals surface area contributed by atoms with Crippen LogP contribution in [0.1, 0.15) is 11.1 Å². The molecule has 0 bridgehead atoms. The molecule has 1 nitrogen and oxygen atoms in total. The first-order chi connectivity index (χ1) is 4.74. The van der Waals surface area contributed by atoms with Crippen molar-refractivity contribution in [3.63, 3.8) is 0 Å². The van der Waals surface area contributed by atoms with Gasteiger partial charge in [-0.2, -0.15) is 5.26 Å². The summed E-state index contributed by atoms with van der Waals surface area (Å²) in [6.07, 6.45) is 0. The molecule has 0 N–H and O–H groups in total. The van der Waals surface area contributed by atoms with E-state index in [1.165, 1.54) is 18.2 Å². The molecule has 0 atom stereocenters. The van der Waals surface area contributed by atoms with Gasteiger partial charge in [-0.3, -0.25) is 0 Å². The maximum absolute atomic E-state index is 12.5. The Hall–Kier alpha value is -1.36. The maximum atomic E-state index is 12.5. The molecule has 0 aliphatic heterocycles. The van der Waals surface area contributed by atoms with Crippen molar-refractivity contribution in [1.82, 2.24) is 0 Å². The van der Waals surface area contributed by atoms with Gasteiger partial charge in [-0.15, -0.1) is 0 Å². The van der Waals surface area contributed by atoms with E-state index in [1.54, 1.807) is 6.07 Å². The Morgan fingerprint density at radius 2 is 2.20 bits per heavy atom. The Morgan fingerprint density at radius 3 is 2.70 bits per heavy atom. The Labute approximate surface area is 58.7 Å². The molecule has 0 saturated heterocycles. The molecular formula is C8H5FN. The van der Waals surface area contributed by atoms with E-state index < -0.39 is 5.82 Å². The van der Waals surface area contributed by atoms with Crippen molar-refractivity contribution in [3.8, 4) is 6.07 Å². The molecule has 0 heterocycles. The van der Waals surface area contributed by atoms with Gasteiger partial charge in [-0.1, -0.05) is 6.07 Å². The average molecular weight is 134 g/mol. The molecule has 0 spiro atoms. The van der Waals surface area contributed by atoms with Gasteiger partial charge in [0.2, 0.25) is 0 Å². The number of nitriles is 1. The number of hydrogen-bond acceptors (Lipinski definition) is 1. The van der Waals surface area contributed by atoms with E-state index >= 15 is 0 Å². The maximum Gasteiger partial charge on any atom is 0.140 e. The number of halogens is 1. The van der Waals surface area contributed by atoms with Crippen molar-refractivity contribution < 1.29 is 4.39 Å². The summed E-state index contributed by atoms with van der Waals surface area (Å²) in [7, 11) is 0. The molecule has 0 saturated carbocycles. The van der Waals surface area contributed by atoms with Gasteiger partial charge in [0, 0.05) is 0 Å². The summed E-state index contributed by atoms with van der Waals surface area (Å²) in [6.45, 7) is 3.55. The van der Waals surface area contributed by atoms with Crippen molar-refractivity contribution in [2.24, 2.45) is 0 Å². The second kappa shape index (κ2) is 2.49. The summed E-state index contributed by atoms with van der Waals surface area (Å²) >= 11 is 0. The lowest BCUT2D eigenvalue weighted by atomic mass is 10.1. The molecule has 1 rings (SSSR count). The van der Waals surface area contributed by atoms with Gasteiger partial charge in [0.05, 0.1) is 5.56 Å². The molecule has 10 heavy (non-hydrogen) atoms. The zero-order valence-electron chi connectivity index (χ0n) is 5.26. The minimum atomic E-state index is -0.491. The lowest BCUT2D eigenvalue weighted by Gasteiger charge is -1.92. The third-order valence-electron chi connectivity index (χ3n) is 1.15. The molecule has 1 aromatic rings. The Morgan fingerprint density at radius 1 is 1.50 bits per heavy atom. The summed E-state index contributed by atoms with van der Waals surface area (Å²) < 4.78 is 12.5. The fourth-order valence-corrected chi connectivity index (χ4v) is 0.658. The lowest BCUT2D eigenvalue weighted by molar-refractivity contribution is 0.623. The van der Waals surface area contributed by atoms with E-state index in [4.69, 9.17) is 5.26 Å². The van der Waals surface area contributed by atoms with E-state index in [1.807, 2.05) is 0 Å². The highest BCUT2D eigenvalue weighted by Crippen LogP contribution is 2.07. The predicted molar refractivity (Wildman–Crippen MR) is 35.6 cm³/mol. The smallest absolute Gasteiger partial charge is 0.140 e. The van der Waals surface area contributed by atoms with Crippen LogP contribution in [0.25, 0.3) is 0 Å². The van der Waals surface area contributed by atoms with Crippen molar-refractivity contribution in [1.29, 1.82) is 5.26 Å². The predicted octanol–water partition coefficient (Wildman–Crippen LogP) is 1.88. The van der Waals surface area contributed by atoms with Crippen molar-refractivity contribution in [2.75, 3.05) is 0 Å². The Balaban J connectivity index is 3.25. The molecule has 0 unspecified atom stereocenters. The van der Waals surface area contributed by atoms with Crippen LogP contribution in [-0.2, 0) is 0 Å². The third-order valence-corrected chi connectivity index (χ3v) is 1.15. The minimum absolute atomic E-state index is 0.0486. The van der Waals surface area contributed by atoms with Crippen LogP contribution in [0.5, 0.6) is 0 Å². The van der Waals surface area contributed by atoms with Gasteiger partial charge >= 0.3 is 0 Å². The zero-order valence-corrected chi connectivity index (χ0v) is 5.26. The molecule has 0 aliphatic rings. The quantitative estimate of drug-likeness (QED) is 0.531. The topological polar surface area (TPSA) is 23.8 Å². The van der Waals surface area contributed by atoms with Crippen LogP contribution in [0.15, 0.2) is 18.2 Å². The summed E-state index contributed by atoms with van der Waals surface area (Å²) in [6, 6.07) is 5.89. The van der Waals surface area contributed by atoms with Crippen LogP contribution in [0, 0.1) is 24.1 Å². The Kier molecular flexibility index (Phi) is 1.68. The van der Waals surface area contributed by atoms with E-state index in [2.05, 4.69) is 6.92 Å². The fraction of sp³-hybridized carbons (Fsp3) is 0. The number of benzene rings is 1.